The van der Waals surface area contributed by atoms with E-state index in [1.54, 1.807) is 94.6 Å². The Kier molecular flexibility index (Phi) is 29.4. The molecule has 0 radical (unpaired) electrons. The summed E-state index contributed by atoms with van der Waals surface area (Å²) in [6, 6.07) is 54.2. The van der Waals surface area contributed by atoms with Gasteiger partial charge in [-0.3, -0.25) is 77.1 Å². The molecule has 3 amide bonds. The Morgan fingerprint density at radius 2 is 0.815 bits per heavy atom. The van der Waals surface area contributed by atoms with E-state index in [0.717, 1.165) is 59.3 Å². The molecule has 34 nitrogen and oxygen atoms in total. The number of benzene rings is 3. The lowest BCUT2D eigenvalue weighted by Crippen LogP contribution is -2.48. The summed E-state index contributed by atoms with van der Waals surface area (Å²) in [5, 5.41) is 23.4. The van der Waals surface area contributed by atoms with Crippen LogP contribution in [0.2, 0.25) is 0 Å². The first-order valence-electron chi connectivity index (χ1n) is 46.9. The lowest BCUT2D eigenvalue weighted by molar-refractivity contribution is -0.0228. The zero-order valence-electron chi connectivity index (χ0n) is 79.2. The van der Waals surface area contributed by atoms with E-state index in [1.807, 2.05) is 142 Å². The maximum Gasteiger partial charge on any atom is 0.269 e. The number of thiazole rings is 1. The number of ether oxygens (including phenoxy) is 1. The molecule has 0 bridgehead atoms. The minimum atomic E-state index is -1.89. The van der Waals surface area contributed by atoms with Gasteiger partial charge in [0.15, 0.2) is 29.1 Å². The molecule has 4 saturated heterocycles. The average Bonchev–Trinajstić information content (AvgIpc) is 1.63. The fourth-order valence-electron chi connectivity index (χ4n) is 17.8. The first kappa shape index (κ1) is 98.1. The summed E-state index contributed by atoms with van der Waals surface area (Å²) in [5.41, 5.74) is 16.7. The molecule has 3 aromatic carbocycles. The van der Waals surface area contributed by atoms with Gasteiger partial charge in [-0.1, -0.05) is 97.1 Å². The van der Waals surface area contributed by atoms with Crippen LogP contribution in [0.3, 0.4) is 0 Å². The molecule has 4 aliphatic heterocycles. The number of aryl methyl sites for hydroxylation is 4. The highest BCUT2D eigenvalue weighted by atomic mass is 32.2. The highest BCUT2D eigenvalue weighted by molar-refractivity contribution is 8.00. The van der Waals surface area contributed by atoms with Crippen molar-refractivity contribution >= 4 is 152 Å². The second-order valence-corrected chi connectivity index (χ2v) is 42.9. The van der Waals surface area contributed by atoms with Gasteiger partial charge in [0.05, 0.1) is 64.3 Å². The van der Waals surface area contributed by atoms with E-state index in [1.165, 1.54) is 95.8 Å². The number of pyridine rings is 5. The summed E-state index contributed by atoms with van der Waals surface area (Å²) >= 11 is 8.03. The maximum atomic E-state index is 13.4. The predicted molar refractivity (Wildman–Crippen MR) is 577 cm³/mol. The van der Waals surface area contributed by atoms with Crippen LogP contribution in [0, 0.1) is 20.8 Å². The van der Waals surface area contributed by atoms with Crippen LogP contribution >= 0.6 is 68.0 Å². The molecule has 0 aliphatic carbocycles. The van der Waals surface area contributed by atoms with Gasteiger partial charge in [-0.25, -0.2) is 29.9 Å². The summed E-state index contributed by atoms with van der Waals surface area (Å²) in [5.74, 6) is 6.82. The Labute approximate surface area is 857 Å². The van der Waals surface area contributed by atoms with Crippen molar-refractivity contribution in [3.8, 4) is 80.0 Å². The van der Waals surface area contributed by atoms with Crippen LogP contribution < -0.4 is 38.4 Å². The largest absolute Gasteiger partial charge is 0.367 e. The molecular weight excluding hydrogens is 1980 g/mol. The second kappa shape index (κ2) is 43.7. The van der Waals surface area contributed by atoms with Crippen molar-refractivity contribution in [2.75, 3.05) is 83.6 Å². The number of carbonyl (C=O) groups is 3. The van der Waals surface area contributed by atoms with Crippen molar-refractivity contribution < 1.29 is 23.3 Å². The van der Waals surface area contributed by atoms with Gasteiger partial charge in [0.1, 0.15) is 79.6 Å². The molecule has 7 N–H and O–H groups in total. The summed E-state index contributed by atoms with van der Waals surface area (Å²) < 4.78 is 22.4. The van der Waals surface area contributed by atoms with E-state index in [2.05, 4.69) is 152 Å². The Morgan fingerprint density at radius 1 is 0.425 bits per heavy atom. The fraction of sp³-hybridized carbons (Fsp3) is 0.210. The molecule has 24 rings (SSSR count). The topological polar surface area (TPSA) is 438 Å². The van der Waals surface area contributed by atoms with Crippen LogP contribution in [-0.2, 0) is 27.3 Å². The second-order valence-electron chi connectivity index (χ2n) is 34.8. The first-order chi connectivity index (χ1) is 71.1. The Morgan fingerprint density at radius 3 is 1.22 bits per heavy atom. The van der Waals surface area contributed by atoms with Crippen LogP contribution in [-0.4, -0.2) is 220 Å². The Balaban J connectivity index is 0.000000111. The lowest BCUT2D eigenvalue weighted by atomic mass is 9.99. The van der Waals surface area contributed by atoms with E-state index < -0.39 is 9.52 Å². The molecule has 0 saturated carbocycles. The highest BCUT2D eigenvalue weighted by Gasteiger charge is 2.34. The predicted octanol–water partition coefficient (Wildman–Crippen LogP) is 15.5. The number of amides is 3. The monoisotopic (exact) mass is 2070 g/mol. The summed E-state index contributed by atoms with van der Waals surface area (Å²) in [7, 11) is -1.89. The number of carbonyl (C=O) groups excluding carboxylic acids is 3. The number of aromatic nitrogens is 18. The number of nitrogens with zero attached hydrogens (tertiary/aromatic N) is 17. The SMILES string of the molecule is C=S1(=O)CCN(Cc2cccc(-c3csc4c(=O)[nH]c(-c5ccccn5)nc34)c2)CC1.CCn1nc(C)cc1-c1csc2c(=O)[nH]c(-c3ccccn3)nc12.Cc1ccccc1C1CN(C(=O)c2csc3c(=O)[nH]c(-c4ccccn4)nc23)CCN1.Cc1ccccc1C1CN(C(=O)c2csc3c(=O)[nH]c(-c4ccccn4)nc23)CCN1.O=C(c1csc2c(=O)[nH]c(-c3ccccn3)nc12)N1CCOC(c2nccs2)C1. The third-order valence-electron chi connectivity index (χ3n) is 25.2. The first-order valence-corrected chi connectivity index (χ1v) is 54.2. The van der Waals surface area contributed by atoms with Gasteiger partial charge >= 0.3 is 0 Å². The van der Waals surface area contributed by atoms with Crippen molar-refractivity contribution in [1.29, 1.82) is 0 Å². The molecule has 4 fully saturated rings. The molecule has 3 unspecified atom stereocenters. The van der Waals surface area contributed by atoms with Gasteiger partial charge in [-0.2, -0.15) is 5.10 Å². The number of rotatable bonds is 16. The van der Waals surface area contributed by atoms with Gasteiger partial charge in [0, 0.05) is 164 Å². The van der Waals surface area contributed by atoms with Crippen LogP contribution in [0.15, 0.2) is 263 Å². The molecule has 146 heavy (non-hydrogen) atoms. The van der Waals surface area contributed by atoms with E-state index in [-0.39, 0.29) is 63.7 Å². The van der Waals surface area contributed by atoms with Gasteiger partial charge < -0.3 is 55.0 Å². The number of H-pyrrole nitrogens is 5. The van der Waals surface area contributed by atoms with Crippen molar-refractivity contribution in [3.63, 3.8) is 0 Å². The normalized spacial score (nSPS) is 15.8. The number of piperazine rings is 2. The van der Waals surface area contributed by atoms with Crippen molar-refractivity contribution in [3.05, 3.63) is 346 Å². The summed E-state index contributed by atoms with van der Waals surface area (Å²) in [6.07, 6.45) is 9.78. The van der Waals surface area contributed by atoms with Crippen LogP contribution in [0.5, 0.6) is 0 Å². The number of nitrogens with one attached hydrogen (secondary N) is 7. The summed E-state index contributed by atoms with van der Waals surface area (Å²) in [4.78, 5) is 174. The fourth-order valence-corrected chi connectivity index (χ4v) is 24.3. The van der Waals surface area contributed by atoms with Crippen LogP contribution in [0.4, 0.5) is 0 Å². The van der Waals surface area contributed by atoms with Crippen LogP contribution in [0.1, 0.15) is 94.7 Å². The summed E-state index contributed by atoms with van der Waals surface area (Å²) in [6.45, 7) is 16.4. The van der Waals surface area contributed by atoms with E-state index in [4.69, 9.17) is 9.72 Å². The standard InChI is InChI=1S/2C23H21N5O2S.C23H22N4O2S2.C19H15N5O3S2.C17H15N5OS/c2*1-14-6-2-3-7-15(14)18-12-28(11-10-25-18)23(30)16-13-31-20-19(16)26-21(27-22(20)29)17-8-4-5-9-24-17;1-31(29)11-9-27(10-12-31)14-16-5-4-6-17(13-16)18-15-30-21-20(18)25-22(26-23(21)28)19-7-2-3-8-24-19;25-17-15-14(22-16(23-17)12-3-1-2-4-20-12)11(10-29-15)19(26)24-6-7-27-13(9-24)18-21-5-8-28-18;1-3-22-13(8-10(2)21-22)11-9-24-15-14(11)19-16(20-17(15)23)12-6-4-5-7-18-12/h2*2-9,13,18,25H,10-12H2,1H3,(H,26,27,29);2-8,13,15H,1,9-12,14H2,(H,25,26,28);1-5,8,10,13H,6-7,9H2,(H,22,23,25);4-9H,3H2,1-2H3,(H,19,20,23). The van der Waals surface area contributed by atoms with Gasteiger partial charge in [0.2, 0.25) is 0 Å². The van der Waals surface area contributed by atoms with Crippen molar-refractivity contribution in [1.82, 2.24) is 120 Å². The Bertz CT molecular complexity index is 8430. The number of morpholine rings is 1. The molecule has 736 valence electrons. The molecule has 20 aromatic rings. The number of thiophene rings is 5. The molecule has 3 atom stereocenters. The number of hydrogen-bond donors (Lipinski definition) is 7. The Hall–Kier alpha value is -15.3. The van der Waals surface area contributed by atoms with Crippen molar-refractivity contribution in [2.24, 2.45) is 0 Å². The lowest BCUT2D eigenvalue weighted by Gasteiger charge is -2.34. The smallest absolute Gasteiger partial charge is 0.269 e. The minimum Gasteiger partial charge on any atom is -0.367 e. The molecule has 0 spiro atoms. The third kappa shape index (κ3) is 21.5. The van der Waals surface area contributed by atoms with Gasteiger partial charge in [-0.05, 0) is 149 Å². The van der Waals surface area contributed by atoms with Crippen molar-refractivity contribution in [2.45, 2.75) is 59.0 Å². The van der Waals surface area contributed by atoms with Gasteiger partial charge in [-0.15, -0.1) is 68.0 Å². The quantitative estimate of drug-likeness (QED) is 0.0442. The molecule has 41 heteroatoms. The van der Waals surface area contributed by atoms with Gasteiger partial charge in [0.25, 0.3) is 45.5 Å². The van der Waals surface area contributed by atoms with E-state index >= 15 is 0 Å². The number of fused-ring (bicyclic) bond motifs is 5. The third-order valence-corrected chi connectivity index (χ3v) is 32.7. The highest BCUT2D eigenvalue weighted by Crippen LogP contribution is 2.38. The molecule has 21 heterocycles. The zero-order valence-corrected chi connectivity index (χ0v) is 84.9. The molecular formula is C105H94N24O10S7. The van der Waals surface area contributed by atoms with E-state index in [0.29, 0.717) is 196 Å². The molecule has 4 aliphatic rings. The average molecular weight is 2080 g/mol. The number of aromatic amines is 5. The molecule has 17 aromatic heterocycles. The number of hydrogen-bond acceptors (Lipinski definition) is 31. The maximum absolute atomic E-state index is 13.4. The van der Waals surface area contributed by atoms with E-state index in [9.17, 15) is 42.6 Å². The minimum absolute atomic E-state index is 0.0734. The zero-order chi connectivity index (χ0) is 101. The van der Waals surface area contributed by atoms with Crippen LogP contribution in [0.25, 0.3) is 131 Å².